The Kier molecular flexibility index (Phi) is 22.7. The van der Waals surface area contributed by atoms with E-state index in [2.05, 4.69) is 36.5 Å². The quantitative estimate of drug-likeness (QED) is 0.102. The molecule has 0 amide bonds. The standard InChI is InChI=1S/C37H67NO/c1-2-3-4-5-6-7-8-9-10-11-12-13-14-15-16-17-18-19-20-21-22-23-24-25-26-29-32-39-34-36-33-35-30-27-28-31-37(35)38-36/h27-28,30-31,36,38H,2-26,29,32-34H2,1H3. The zero-order valence-corrected chi connectivity index (χ0v) is 26.3. The highest BCUT2D eigenvalue weighted by molar-refractivity contribution is 5.56. The van der Waals surface area contributed by atoms with E-state index in [9.17, 15) is 0 Å². The predicted molar refractivity (Wildman–Crippen MR) is 174 cm³/mol. The minimum absolute atomic E-state index is 0.464. The molecular weight excluding hydrogens is 474 g/mol. The van der Waals surface area contributed by atoms with Gasteiger partial charge in [0.05, 0.1) is 12.6 Å². The molecule has 1 aromatic carbocycles. The van der Waals surface area contributed by atoms with Crippen molar-refractivity contribution in [2.24, 2.45) is 0 Å². The summed E-state index contributed by atoms with van der Waals surface area (Å²) in [4.78, 5) is 0. The molecular formula is C37H67NO. The smallest absolute Gasteiger partial charge is 0.0671 e. The van der Waals surface area contributed by atoms with Gasteiger partial charge in [0.1, 0.15) is 0 Å². The van der Waals surface area contributed by atoms with Crippen LogP contribution >= 0.6 is 0 Å². The van der Waals surface area contributed by atoms with E-state index in [-0.39, 0.29) is 0 Å². The molecule has 0 aliphatic carbocycles. The van der Waals surface area contributed by atoms with E-state index in [4.69, 9.17) is 4.74 Å². The maximum atomic E-state index is 5.94. The van der Waals surface area contributed by atoms with Crippen molar-refractivity contribution >= 4 is 5.69 Å². The molecule has 1 atom stereocenters. The van der Waals surface area contributed by atoms with Gasteiger partial charge < -0.3 is 10.1 Å². The van der Waals surface area contributed by atoms with Crippen LogP contribution in [-0.2, 0) is 11.2 Å². The van der Waals surface area contributed by atoms with Crippen molar-refractivity contribution in [3.05, 3.63) is 29.8 Å². The topological polar surface area (TPSA) is 21.3 Å². The van der Waals surface area contributed by atoms with Crippen molar-refractivity contribution in [2.45, 2.75) is 186 Å². The van der Waals surface area contributed by atoms with Crippen molar-refractivity contribution in [1.82, 2.24) is 0 Å². The lowest BCUT2D eigenvalue weighted by Gasteiger charge is -2.11. The number of rotatable bonds is 29. The summed E-state index contributed by atoms with van der Waals surface area (Å²) in [5.74, 6) is 0. The van der Waals surface area contributed by atoms with Gasteiger partial charge >= 0.3 is 0 Å². The third-order valence-corrected chi connectivity index (χ3v) is 8.80. The summed E-state index contributed by atoms with van der Waals surface area (Å²) < 4.78 is 5.94. The molecule has 1 N–H and O–H groups in total. The maximum Gasteiger partial charge on any atom is 0.0671 e. The molecule has 226 valence electrons. The van der Waals surface area contributed by atoms with Crippen molar-refractivity contribution in [1.29, 1.82) is 0 Å². The molecule has 0 bridgehead atoms. The van der Waals surface area contributed by atoms with Crippen LogP contribution in [0, 0.1) is 0 Å². The summed E-state index contributed by atoms with van der Waals surface area (Å²) in [5.41, 5.74) is 2.73. The number of fused-ring (bicyclic) bond motifs is 1. The third-order valence-electron chi connectivity index (χ3n) is 8.80. The molecule has 0 saturated carbocycles. The lowest BCUT2D eigenvalue weighted by Crippen LogP contribution is -2.22. The van der Waals surface area contributed by atoms with Gasteiger partial charge in [0.2, 0.25) is 0 Å². The lowest BCUT2D eigenvalue weighted by atomic mass is 10.0. The molecule has 1 aliphatic heterocycles. The zero-order chi connectivity index (χ0) is 27.5. The summed E-state index contributed by atoms with van der Waals surface area (Å²) in [6, 6.07) is 9.11. The normalized spacial score (nSPS) is 14.5. The van der Waals surface area contributed by atoms with Gasteiger partial charge in [0, 0.05) is 12.3 Å². The largest absolute Gasteiger partial charge is 0.379 e. The fourth-order valence-corrected chi connectivity index (χ4v) is 6.22. The summed E-state index contributed by atoms with van der Waals surface area (Å²) in [5, 5.41) is 3.58. The van der Waals surface area contributed by atoms with E-state index in [1.807, 2.05) is 0 Å². The summed E-state index contributed by atoms with van der Waals surface area (Å²) in [6.45, 7) is 4.07. The van der Waals surface area contributed by atoms with Crippen LogP contribution in [-0.4, -0.2) is 19.3 Å². The second-order valence-electron chi connectivity index (χ2n) is 12.6. The summed E-state index contributed by atoms with van der Waals surface area (Å²) in [6.07, 6.45) is 38.7. The Labute approximate surface area is 244 Å². The Morgan fingerprint density at radius 1 is 0.538 bits per heavy atom. The second kappa shape index (κ2) is 25.9. The zero-order valence-electron chi connectivity index (χ0n) is 26.3. The molecule has 1 aliphatic rings. The molecule has 2 nitrogen and oxygen atoms in total. The van der Waals surface area contributed by atoms with Crippen LogP contribution in [0.3, 0.4) is 0 Å². The van der Waals surface area contributed by atoms with Gasteiger partial charge in [-0.05, 0) is 24.5 Å². The lowest BCUT2D eigenvalue weighted by molar-refractivity contribution is 0.122. The number of hydrogen-bond acceptors (Lipinski definition) is 2. The van der Waals surface area contributed by atoms with Crippen LogP contribution < -0.4 is 5.32 Å². The Morgan fingerprint density at radius 3 is 1.33 bits per heavy atom. The van der Waals surface area contributed by atoms with Gasteiger partial charge in [-0.25, -0.2) is 0 Å². The van der Waals surface area contributed by atoms with Gasteiger partial charge in [-0.1, -0.05) is 186 Å². The molecule has 39 heavy (non-hydrogen) atoms. The van der Waals surface area contributed by atoms with Crippen LogP contribution in [0.5, 0.6) is 0 Å². The first-order valence-electron chi connectivity index (χ1n) is 17.8. The monoisotopic (exact) mass is 542 g/mol. The van der Waals surface area contributed by atoms with Crippen molar-refractivity contribution < 1.29 is 4.74 Å². The van der Waals surface area contributed by atoms with E-state index >= 15 is 0 Å². The molecule has 2 rings (SSSR count). The SMILES string of the molecule is CCCCCCCCCCCCCCCCCCCCCCCCCCCCOCC1Cc2ccccc2N1. The molecule has 0 aromatic heterocycles. The van der Waals surface area contributed by atoms with E-state index in [0.717, 1.165) is 19.6 Å². The molecule has 2 heteroatoms. The Hall–Kier alpha value is -1.02. The molecule has 1 unspecified atom stereocenters. The molecule has 1 heterocycles. The fraction of sp³-hybridized carbons (Fsp3) is 0.838. The third kappa shape index (κ3) is 19.7. The van der Waals surface area contributed by atoms with Crippen molar-refractivity contribution in [3.8, 4) is 0 Å². The molecule has 0 radical (unpaired) electrons. The number of anilines is 1. The van der Waals surface area contributed by atoms with Crippen molar-refractivity contribution in [2.75, 3.05) is 18.5 Å². The average molecular weight is 542 g/mol. The summed E-state index contributed by atoms with van der Waals surface area (Å²) in [7, 11) is 0. The summed E-state index contributed by atoms with van der Waals surface area (Å²) >= 11 is 0. The van der Waals surface area contributed by atoms with E-state index in [1.165, 1.54) is 178 Å². The molecule has 0 fully saturated rings. The first-order valence-corrected chi connectivity index (χ1v) is 17.8. The van der Waals surface area contributed by atoms with Gasteiger partial charge in [-0.2, -0.15) is 0 Å². The molecule has 0 spiro atoms. The predicted octanol–water partition coefficient (Wildman–Crippen LogP) is 12.2. The first kappa shape index (κ1) is 34.2. The van der Waals surface area contributed by atoms with Crippen LogP contribution in [0.2, 0.25) is 0 Å². The number of unbranched alkanes of at least 4 members (excludes halogenated alkanes) is 25. The highest BCUT2D eigenvalue weighted by Gasteiger charge is 2.19. The van der Waals surface area contributed by atoms with E-state index in [1.54, 1.807) is 0 Å². The molecule has 0 saturated heterocycles. The van der Waals surface area contributed by atoms with Crippen LogP contribution in [0.1, 0.15) is 179 Å². The number of para-hydroxylation sites is 1. The number of nitrogens with one attached hydrogen (secondary N) is 1. The van der Waals surface area contributed by atoms with Gasteiger partial charge in [-0.3, -0.25) is 0 Å². The minimum atomic E-state index is 0.464. The van der Waals surface area contributed by atoms with E-state index in [0.29, 0.717) is 6.04 Å². The highest BCUT2D eigenvalue weighted by Crippen LogP contribution is 2.25. The number of benzene rings is 1. The van der Waals surface area contributed by atoms with Crippen molar-refractivity contribution in [3.63, 3.8) is 0 Å². The maximum absolute atomic E-state index is 5.94. The first-order chi connectivity index (χ1) is 19.4. The van der Waals surface area contributed by atoms with Crippen LogP contribution in [0.25, 0.3) is 0 Å². The Bertz CT molecular complexity index is 619. The Morgan fingerprint density at radius 2 is 0.923 bits per heavy atom. The second-order valence-corrected chi connectivity index (χ2v) is 12.6. The number of ether oxygens (including phenoxy) is 1. The highest BCUT2D eigenvalue weighted by atomic mass is 16.5. The fourth-order valence-electron chi connectivity index (χ4n) is 6.22. The molecule has 1 aromatic rings. The number of hydrogen-bond donors (Lipinski definition) is 1. The Balaban J connectivity index is 1.17. The average Bonchev–Trinajstić information content (AvgIpc) is 3.37. The van der Waals surface area contributed by atoms with Crippen LogP contribution in [0.4, 0.5) is 5.69 Å². The minimum Gasteiger partial charge on any atom is -0.379 e. The van der Waals surface area contributed by atoms with Gasteiger partial charge in [-0.15, -0.1) is 0 Å². The van der Waals surface area contributed by atoms with Gasteiger partial charge in [0.15, 0.2) is 0 Å². The van der Waals surface area contributed by atoms with Gasteiger partial charge in [0.25, 0.3) is 0 Å². The van der Waals surface area contributed by atoms with E-state index < -0.39 is 0 Å². The van der Waals surface area contributed by atoms with Crippen LogP contribution in [0.15, 0.2) is 24.3 Å².